The van der Waals surface area contributed by atoms with Crippen LogP contribution in [0.2, 0.25) is 0 Å². The number of carbonyl (C=O) groups is 3. The lowest BCUT2D eigenvalue weighted by atomic mass is 10.0. The zero-order valence-corrected chi connectivity index (χ0v) is 20.9. The van der Waals surface area contributed by atoms with Crippen LogP contribution in [0.1, 0.15) is 56.0 Å². The van der Waals surface area contributed by atoms with Gasteiger partial charge < -0.3 is 15.4 Å². The molecule has 0 saturated heterocycles. The molecule has 0 fully saturated rings. The molecule has 0 bridgehead atoms. The van der Waals surface area contributed by atoms with Crippen LogP contribution in [0.25, 0.3) is 0 Å². The number of anilines is 1. The minimum absolute atomic E-state index is 0.462. The number of amides is 3. The second-order valence-electron chi connectivity index (χ2n) is 9.13. The van der Waals surface area contributed by atoms with Gasteiger partial charge in [0.1, 0.15) is 17.7 Å². The fourth-order valence-corrected chi connectivity index (χ4v) is 3.40. The number of alkyl carbamates (subject to hydrolysis) is 1. The number of hydrogen-bond acceptors (Lipinski definition) is 4. The van der Waals surface area contributed by atoms with E-state index in [2.05, 4.69) is 22.6 Å². The van der Waals surface area contributed by atoms with Crippen molar-refractivity contribution in [3.05, 3.63) is 64.7 Å². The number of para-hydroxylation sites is 1. The van der Waals surface area contributed by atoms with Gasteiger partial charge in [0.15, 0.2) is 0 Å². The van der Waals surface area contributed by atoms with Crippen LogP contribution in [-0.4, -0.2) is 34.5 Å². The highest BCUT2D eigenvalue weighted by Crippen LogP contribution is 2.26. The molecule has 0 aromatic heterocycles. The molecule has 2 rings (SSSR count). The lowest BCUT2D eigenvalue weighted by Crippen LogP contribution is -2.49. The van der Waals surface area contributed by atoms with Crippen LogP contribution in [0.15, 0.2) is 42.5 Å². The molecule has 182 valence electrons. The number of rotatable bonds is 6. The second kappa shape index (κ2) is 11.3. The predicted octanol–water partition coefficient (Wildman–Crippen LogP) is 4.30. The number of aryl methyl sites for hydroxylation is 2. The van der Waals surface area contributed by atoms with E-state index in [4.69, 9.17) is 17.6 Å². The van der Waals surface area contributed by atoms with Crippen molar-refractivity contribution < 1.29 is 19.1 Å². The number of nitrogens with one attached hydrogen (secondary N) is 2. The highest BCUT2D eigenvalue weighted by molar-refractivity contribution is 6.00. The van der Waals surface area contributed by atoms with E-state index in [0.717, 1.165) is 16.0 Å². The first-order valence-corrected chi connectivity index (χ1v) is 11.1. The number of carbonyl (C=O) groups excluding carboxylic acids is 3. The number of nitrogens with zero attached hydrogens (tertiary/aromatic N) is 1. The SMILES string of the molecule is C#Cc1ccc(C(C(=O)Nc2c(C)cccc2C)N(C#C)C(=O)C(C)NC(=O)OC(C)(C)C)cc1. The average molecular weight is 474 g/mol. The van der Waals surface area contributed by atoms with E-state index in [-0.39, 0.29) is 0 Å². The maximum absolute atomic E-state index is 13.6. The number of benzene rings is 2. The van der Waals surface area contributed by atoms with E-state index in [1.165, 1.54) is 6.92 Å². The fraction of sp³-hybridized carbons (Fsp3) is 0.321. The van der Waals surface area contributed by atoms with Crippen LogP contribution in [0.3, 0.4) is 0 Å². The molecule has 2 unspecified atom stereocenters. The topological polar surface area (TPSA) is 87.7 Å². The molecule has 0 aliphatic rings. The Hall–Kier alpha value is -4.23. The average Bonchev–Trinajstić information content (AvgIpc) is 2.78. The van der Waals surface area contributed by atoms with Crippen LogP contribution in [-0.2, 0) is 14.3 Å². The molecule has 2 aromatic rings. The van der Waals surface area contributed by atoms with Gasteiger partial charge in [0.2, 0.25) is 0 Å². The summed E-state index contributed by atoms with van der Waals surface area (Å²) in [4.78, 5) is 40.0. The van der Waals surface area contributed by atoms with E-state index in [1.807, 2.05) is 32.0 Å². The van der Waals surface area contributed by atoms with E-state index in [9.17, 15) is 14.4 Å². The first-order valence-electron chi connectivity index (χ1n) is 11.1. The summed E-state index contributed by atoms with van der Waals surface area (Å²) in [5.41, 5.74) is 2.68. The van der Waals surface area contributed by atoms with Crippen LogP contribution in [0, 0.1) is 38.7 Å². The minimum Gasteiger partial charge on any atom is -0.444 e. The molecular formula is C28H31N3O4. The van der Waals surface area contributed by atoms with Crippen molar-refractivity contribution in [2.75, 3.05) is 5.32 Å². The smallest absolute Gasteiger partial charge is 0.408 e. The van der Waals surface area contributed by atoms with Crippen molar-refractivity contribution in [1.29, 1.82) is 0 Å². The van der Waals surface area contributed by atoms with Gasteiger partial charge in [-0.3, -0.25) is 14.5 Å². The summed E-state index contributed by atoms with van der Waals surface area (Å²) in [6.45, 7) is 10.3. The summed E-state index contributed by atoms with van der Waals surface area (Å²) in [6, 6.07) is 12.3. The number of hydrogen-bond donors (Lipinski definition) is 2. The Balaban J connectivity index is 2.42. The van der Waals surface area contributed by atoms with Gasteiger partial charge in [0.25, 0.3) is 11.8 Å². The fourth-order valence-electron chi connectivity index (χ4n) is 3.40. The Morgan fingerprint density at radius 1 is 1.00 bits per heavy atom. The Labute approximate surface area is 207 Å². The third-order valence-corrected chi connectivity index (χ3v) is 5.11. The van der Waals surface area contributed by atoms with Crippen molar-refractivity contribution >= 4 is 23.6 Å². The Morgan fingerprint density at radius 2 is 1.57 bits per heavy atom. The maximum Gasteiger partial charge on any atom is 0.408 e. The summed E-state index contributed by atoms with van der Waals surface area (Å²) < 4.78 is 5.22. The summed E-state index contributed by atoms with van der Waals surface area (Å²) in [5.74, 6) is 1.36. The Kier molecular flexibility index (Phi) is 8.70. The molecule has 2 N–H and O–H groups in total. The molecule has 3 amide bonds. The van der Waals surface area contributed by atoms with Crippen molar-refractivity contribution in [3.8, 4) is 24.8 Å². The molecule has 0 saturated carbocycles. The van der Waals surface area contributed by atoms with E-state index < -0.39 is 35.6 Å². The van der Waals surface area contributed by atoms with Gasteiger partial charge in [-0.25, -0.2) is 4.79 Å². The predicted molar refractivity (Wildman–Crippen MR) is 136 cm³/mol. The molecule has 0 spiro atoms. The highest BCUT2D eigenvalue weighted by Gasteiger charge is 2.34. The molecule has 2 atom stereocenters. The zero-order valence-electron chi connectivity index (χ0n) is 20.9. The summed E-state index contributed by atoms with van der Waals surface area (Å²) in [5, 5.41) is 5.38. The Bertz CT molecular complexity index is 1160. The third kappa shape index (κ3) is 7.12. The van der Waals surface area contributed by atoms with Crippen molar-refractivity contribution in [2.24, 2.45) is 0 Å². The van der Waals surface area contributed by atoms with Gasteiger partial charge in [-0.1, -0.05) is 42.7 Å². The van der Waals surface area contributed by atoms with E-state index in [1.54, 1.807) is 45.0 Å². The largest absolute Gasteiger partial charge is 0.444 e. The molecule has 0 aliphatic carbocycles. The molecule has 0 heterocycles. The van der Waals surface area contributed by atoms with E-state index in [0.29, 0.717) is 16.8 Å². The molecule has 35 heavy (non-hydrogen) atoms. The highest BCUT2D eigenvalue weighted by atomic mass is 16.6. The number of ether oxygens (including phenoxy) is 1. The standard InChI is InChI=1S/C28H31N3O4/c1-9-21-14-16-22(17-15-21)24(25(32)30-23-18(3)12-11-13-19(23)4)31(10-2)26(33)20(5)29-27(34)35-28(6,7)8/h1-2,11-17,20,24H,3-8H3,(H,29,34)(H,30,32). The second-order valence-corrected chi connectivity index (χ2v) is 9.13. The number of terminal acetylenes is 2. The normalized spacial score (nSPS) is 12.3. The monoisotopic (exact) mass is 473 g/mol. The van der Waals surface area contributed by atoms with Crippen molar-refractivity contribution in [1.82, 2.24) is 10.2 Å². The van der Waals surface area contributed by atoms with Gasteiger partial charge in [-0.15, -0.1) is 6.42 Å². The molecule has 7 heteroatoms. The van der Waals surface area contributed by atoms with E-state index >= 15 is 0 Å². The third-order valence-electron chi connectivity index (χ3n) is 5.11. The van der Waals surface area contributed by atoms with Crippen LogP contribution < -0.4 is 10.6 Å². The first-order chi connectivity index (χ1) is 16.4. The first kappa shape index (κ1) is 27.0. The summed E-state index contributed by atoms with van der Waals surface area (Å²) in [7, 11) is 0. The lowest BCUT2D eigenvalue weighted by Gasteiger charge is -2.29. The van der Waals surface area contributed by atoms with Crippen LogP contribution in [0.5, 0.6) is 0 Å². The molecule has 2 aromatic carbocycles. The molecule has 0 aliphatic heterocycles. The quantitative estimate of drug-likeness (QED) is 0.484. The van der Waals surface area contributed by atoms with Crippen LogP contribution >= 0.6 is 0 Å². The molecule has 7 nitrogen and oxygen atoms in total. The maximum atomic E-state index is 13.6. The van der Waals surface area contributed by atoms with Gasteiger partial charge in [0.05, 0.1) is 0 Å². The summed E-state index contributed by atoms with van der Waals surface area (Å²) in [6.07, 6.45) is 10.4. The summed E-state index contributed by atoms with van der Waals surface area (Å²) >= 11 is 0. The van der Waals surface area contributed by atoms with Crippen molar-refractivity contribution in [2.45, 2.75) is 59.2 Å². The van der Waals surface area contributed by atoms with Gasteiger partial charge >= 0.3 is 6.09 Å². The van der Waals surface area contributed by atoms with Gasteiger partial charge in [0, 0.05) is 17.3 Å². The van der Waals surface area contributed by atoms with Crippen LogP contribution in [0.4, 0.5) is 10.5 Å². The molecule has 0 radical (unpaired) electrons. The Morgan fingerprint density at radius 3 is 2.06 bits per heavy atom. The zero-order chi connectivity index (χ0) is 26.3. The molecular weight excluding hydrogens is 442 g/mol. The van der Waals surface area contributed by atoms with Gasteiger partial charge in [-0.05, 0) is 70.4 Å². The lowest BCUT2D eigenvalue weighted by molar-refractivity contribution is -0.136. The minimum atomic E-state index is -1.18. The van der Waals surface area contributed by atoms with Gasteiger partial charge in [-0.2, -0.15) is 0 Å². The van der Waals surface area contributed by atoms with Crippen molar-refractivity contribution in [3.63, 3.8) is 0 Å².